The highest BCUT2D eigenvalue weighted by Crippen LogP contribution is 2.50. The minimum absolute atomic E-state index is 0.189. The summed E-state index contributed by atoms with van der Waals surface area (Å²) in [6.45, 7) is 2.61. The first-order valence-electron chi connectivity index (χ1n) is 10.1. The quantitative estimate of drug-likeness (QED) is 0.597. The molecule has 2 aromatic carbocycles. The Balaban J connectivity index is 1.68. The third-order valence-electron chi connectivity index (χ3n) is 6.56. The summed E-state index contributed by atoms with van der Waals surface area (Å²) in [6, 6.07) is 5.78. The van der Waals surface area contributed by atoms with Crippen molar-refractivity contribution in [2.75, 3.05) is 24.5 Å². The van der Waals surface area contributed by atoms with E-state index in [1.54, 1.807) is 12.1 Å². The zero-order chi connectivity index (χ0) is 21.3. The average Bonchev–Trinajstić information content (AvgIpc) is 3.02. The number of hydrogen-bond donors (Lipinski definition) is 1. The Hall–Kier alpha value is -2.22. The fourth-order valence-corrected chi connectivity index (χ4v) is 5.32. The molecule has 3 aliphatic rings. The molecule has 1 saturated heterocycles. The van der Waals surface area contributed by atoms with Gasteiger partial charge in [0.1, 0.15) is 0 Å². The zero-order valence-corrected chi connectivity index (χ0v) is 16.0. The van der Waals surface area contributed by atoms with Crippen molar-refractivity contribution in [3.8, 4) is 11.1 Å². The van der Waals surface area contributed by atoms with Crippen LogP contribution < -0.4 is 10.2 Å². The highest BCUT2D eigenvalue weighted by atomic mass is 19.4. The van der Waals surface area contributed by atoms with E-state index in [1.165, 1.54) is 0 Å². The summed E-state index contributed by atoms with van der Waals surface area (Å²) in [7, 11) is 0. The van der Waals surface area contributed by atoms with Crippen LogP contribution in [0.3, 0.4) is 0 Å². The molecule has 2 nitrogen and oxygen atoms in total. The molecule has 1 fully saturated rings. The van der Waals surface area contributed by atoms with Gasteiger partial charge in [0.2, 0.25) is 0 Å². The van der Waals surface area contributed by atoms with Crippen LogP contribution in [0.1, 0.15) is 41.0 Å². The highest BCUT2D eigenvalue weighted by molar-refractivity contribution is 5.78. The topological polar surface area (TPSA) is 15.3 Å². The second kappa shape index (κ2) is 6.64. The van der Waals surface area contributed by atoms with Gasteiger partial charge in [-0.1, -0.05) is 6.07 Å². The van der Waals surface area contributed by atoms with Crippen LogP contribution in [-0.4, -0.2) is 25.7 Å². The number of nitrogens with one attached hydrogen (secondary N) is 1. The number of halogens is 6. The van der Waals surface area contributed by atoms with Crippen LogP contribution in [-0.2, 0) is 18.8 Å². The van der Waals surface area contributed by atoms with Crippen molar-refractivity contribution in [1.82, 2.24) is 5.32 Å². The maximum atomic E-state index is 13.7. The monoisotopic (exact) mass is 426 g/mol. The van der Waals surface area contributed by atoms with Crippen LogP contribution in [0.2, 0.25) is 0 Å². The molecule has 2 aromatic rings. The van der Waals surface area contributed by atoms with Crippen molar-refractivity contribution in [2.45, 2.75) is 43.6 Å². The van der Waals surface area contributed by atoms with Crippen molar-refractivity contribution in [2.24, 2.45) is 0 Å². The molecule has 0 aromatic heterocycles. The largest absolute Gasteiger partial charge is 0.417 e. The predicted octanol–water partition coefficient (Wildman–Crippen LogP) is 5.60. The van der Waals surface area contributed by atoms with Crippen LogP contribution in [0.5, 0.6) is 0 Å². The fraction of sp³-hybridized carbons (Fsp3) is 0.455. The van der Waals surface area contributed by atoms with Crippen molar-refractivity contribution in [3.63, 3.8) is 0 Å². The molecular formula is C22H20F6N2. The summed E-state index contributed by atoms with van der Waals surface area (Å²) in [5.41, 5.74) is 0.766. The zero-order valence-electron chi connectivity index (χ0n) is 16.0. The Bertz CT molecular complexity index is 994. The Kier molecular flexibility index (Phi) is 4.36. The van der Waals surface area contributed by atoms with Gasteiger partial charge in [-0.2, -0.15) is 26.3 Å². The molecule has 0 bridgehead atoms. The molecule has 8 heteroatoms. The molecule has 0 spiro atoms. The molecule has 3 heterocycles. The number of aryl methyl sites for hydroxylation is 1. The summed E-state index contributed by atoms with van der Waals surface area (Å²) in [4.78, 5) is 2.39. The van der Waals surface area contributed by atoms with Crippen molar-refractivity contribution < 1.29 is 26.3 Å². The molecule has 0 amide bonds. The van der Waals surface area contributed by atoms with Gasteiger partial charge in [-0.05, 0) is 72.3 Å². The number of alkyl halides is 6. The van der Waals surface area contributed by atoms with Gasteiger partial charge >= 0.3 is 12.4 Å². The molecule has 5 rings (SSSR count). The van der Waals surface area contributed by atoms with E-state index in [0.717, 1.165) is 67.8 Å². The summed E-state index contributed by atoms with van der Waals surface area (Å²) in [6.07, 6.45) is -7.05. The lowest BCUT2D eigenvalue weighted by Gasteiger charge is -2.36. The third kappa shape index (κ3) is 3.07. The van der Waals surface area contributed by atoms with Gasteiger partial charge in [-0.15, -0.1) is 0 Å². The predicted molar refractivity (Wildman–Crippen MR) is 102 cm³/mol. The molecule has 0 unspecified atom stereocenters. The van der Waals surface area contributed by atoms with Gasteiger partial charge in [-0.25, -0.2) is 0 Å². The van der Waals surface area contributed by atoms with Gasteiger partial charge in [0, 0.05) is 30.7 Å². The van der Waals surface area contributed by atoms with Gasteiger partial charge in [0.15, 0.2) is 0 Å². The molecule has 30 heavy (non-hydrogen) atoms. The van der Waals surface area contributed by atoms with Gasteiger partial charge in [0.25, 0.3) is 0 Å². The van der Waals surface area contributed by atoms with E-state index in [1.807, 2.05) is 0 Å². The first-order valence-corrected chi connectivity index (χ1v) is 10.1. The summed E-state index contributed by atoms with van der Waals surface area (Å²) in [5.74, 6) is 0.189. The summed E-state index contributed by atoms with van der Waals surface area (Å²) in [5, 5.41) is 3.37. The number of fused-ring (bicyclic) bond motifs is 3. The average molecular weight is 426 g/mol. The minimum atomic E-state index is -4.88. The molecule has 3 aliphatic heterocycles. The molecule has 1 N–H and O–H groups in total. The van der Waals surface area contributed by atoms with Crippen LogP contribution >= 0.6 is 0 Å². The fourth-order valence-electron chi connectivity index (χ4n) is 5.32. The van der Waals surface area contributed by atoms with Crippen LogP contribution in [0, 0.1) is 0 Å². The Labute approximate surface area is 169 Å². The first kappa shape index (κ1) is 19.7. The third-order valence-corrected chi connectivity index (χ3v) is 6.56. The van der Waals surface area contributed by atoms with Crippen molar-refractivity contribution >= 4 is 5.69 Å². The van der Waals surface area contributed by atoms with Gasteiger partial charge in [-0.3, -0.25) is 0 Å². The van der Waals surface area contributed by atoms with E-state index >= 15 is 0 Å². The smallest absolute Gasteiger partial charge is 0.367 e. The second-order valence-electron chi connectivity index (χ2n) is 8.29. The van der Waals surface area contributed by atoms with E-state index in [2.05, 4.69) is 10.2 Å². The van der Waals surface area contributed by atoms with Gasteiger partial charge in [0.05, 0.1) is 11.1 Å². The van der Waals surface area contributed by atoms with E-state index < -0.39 is 23.5 Å². The van der Waals surface area contributed by atoms with E-state index in [0.29, 0.717) is 11.6 Å². The van der Waals surface area contributed by atoms with Gasteiger partial charge < -0.3 is 10.2 Å². The van der Waals surface area contributed by atoms with E-state index in [9.17, 15) is 26.3 Å². The molecule has 0 radical (unpaired) electrons. The van der Waals surface area contributed by atoms with Crippen molar-refractivity contribution in [1.29, 1.82) is 0 Å². The lowest BCUT2D eigenvalue weighted by molar-refractivity contribution is -0.142. The lowest BCUT2D eigenvalue weighted by Crippen LogP contribution is -2.45. The normalized spacial score (nSPS) is 23.3. The first-order chi connectivity index (χ1) is 14.1. The SMILES string of the molecule is FC(F)(F)c1ccc(-c2cc3c4c(c2)[C@H]2CNCC[C@H]2N4CCC3)c(C(F)(F)F)c1. The standard InChI is InChI=1S/C22H20F6N2/c23-21(24,25)14-3-4-15(18(10-14)22(26,27)28)13-8-12-2-1-7-30-19-5-6-29-11-17(19)16(9-13)20(12)30/h3-4,8-10,17,19,29H,1-2,5-7,11H2/t17-,19-/m1/s1. The van der Waals surface area contributed by atoms with Crippen molar-refractivity contribution in [3.05, 3.63) is 52.6 Å². The Morgan fingerprint density at radius 3 is 2.50 bits per heavy atom. The molecular weight excluding hydrogens is 406 g/mol. The lowest BCUT2D eigenvalue weighted by atomic mass is 9.86. The molecule has 0 aliphatic carbocycles. The summed E-state index contributed by atoms with van der Waals surface area (Å²) < 4.78 is 80.3. The number of hydrogen-bond acceptors (Lipinski definition) is 2. The number of piperidine rings is 1. The number of nitrogens with zero attached hydrogens (tertiary/aromatic N) is 1. The molecule has 0 saturated carbocycles. The van der Waals surface area contributed by atoms with E-state index in [-0.39, 0.29) is 17.5 Å². The Morgan fingerprint density at radius 2 is 1.77 bits per heavy atom. The Morgan fingerprint density at radius 1 is 0.967 bits per heavy atom. The highest BCUT2D eigenvalue weighted by Gasteiger charge is 2.43. The second-order valence-corrected chi connectivity index (χ2v) is 8.29. The maximum absolute atomic E-state index is 13.7. The number of rotatable bonds is 1. The van der Waals surface area contributed by atoms with E-state index in [4.69, 9.17) is 0 Å². The van der Waals surface area contributed by atoms with Crippen LogP contribution in [0.4, 0.5) is 32.0 Å². The molecule has 2 atom stereocenters. The maximum Gasteiger partial charge on any atom is 0.417 e. The number of anilines is 1. The summed E-state index contributed by atoms with van der Waals surface area (Å²) >= 11 is 0. The minimum Gasteiger partial charge on any atom is -0.367 e. The van der Waals surface area contributed by atoms with Crippen LogP contribution in [0.25, 0.3) is 11.1 Å². The van der Waals surface area contributed by atoms with Crippen LogP contribution in [0.15, 0.2) is 30.3 Å². The number of benzene rings is 2. The molecule has 160 valence electrons.